The molecule has 0 aliphatic carbocycles. The van der Waals surface area contributed by atoms with Crippen LogP contribution in [-0.4, -0.2) is 20.2 Å². The van der Waals surface area contributed by atoms with Gasteiger partial charge in [-0.15, -0.1) is 5.10 Å². The highest BCUT2D eigenvalue weighted by molar-refractivity contribution is 5.52. The van der Waals surface area contributed by atoms with Crippen LogP contribution in [-0.2, 0) is 0 Å². The molecule has 0 amide bonds. The minimum atomic E-state index is 0.649. The van der Waals surface area contributed by atoms with Crippen LogP contribution in [0, 0.1) is 13.8 Å². The van der Waals surface area contributed by atoms with Crippen molar-refractivity contribution in [2.24, 2.45) is 0 Å². The number of aromatic nitrogens is 4. The van der Waals surface area contributed by atoms with Crippen LogP contribution in [0.4, 0.5) is 0 Å². The lowest BCUT2D eigenvalue weighted by atomic mass is 10.2. The second-order valence-electron chi connectivity index (χ2n) is 3.04. The van der Waals surface area contributed by atoms with Crippen molar-refractivity contribution >= 4 is 0 Å². The lowest BCUT2D eigenvalue weighted by molar-refractivity contribution is 0.904. The van der Waals surface area contributed by atoms with Crippen LogP contribution in [0.15, 0.2) is 24.5 Å². The second kappa shape index (κ2) is 3.49. The molecule has 0 saturated heterocycles. The van der Waals surface area contributed by atoms with Crippen LogP contribution in [0.1, 0.15) is 11.4 Å². The summed E-state index contributed by atoms with van der Waals surface area (Å²) in [7, 11) is 0. The van der Waals surface area contributed by atoms with E-state index < -0.39 is 0 Å². The standard InChI is InChI=1S/C10H10N4/c1-7-8(2)13-14-10(12-7)9-3-5-11-6-4-9/h3-6H,1-2H3. The predicted molar refractivity (Wildman–Crippen MR) is 52.5 cm³/mol. The van der Waals surface area contributed by atoms with Gasteiger partial charge in [0.15, 0.2) is 5.82 Å². The van der Waals surface area contributed by atoms with Crippen LogP contribution in [0.5, 0.6) is 0 Å². The van der Waals surface area contributed by atoms with Crippen LogP contribution in [0.3, 0.4) is 0 Å². The van der Waals surface area contributed by atoms with Gasteiger partial charge in [-0.3, -0.25) is 4.98 Å². The summed E-state index contributed by atoms with van der Waals surface area (Å²) < 4.78 is 0. The molecule has 2 aromatic heterocycles. The molecular formula is C10H10N4. The summed E-state index contributed by atoms with van der Waals surface area (Å²) >= 11 is 0. The lowest BCUT2D eigenvalue weighted by Crippen LogP contribution is -1.98. The lowest BCUT2D eigenvalue weighted by Gasteiger charge is -2.00. The molecule has 2 heterocycles. The molecule has 4 nitrogen and oxygen atoms in total. The summed E-state index contributed by atoms with van der Waals surface area (Å²) in [6.07, 6.45) is 3.43. The molecule has 0 aliphatic rings. The molecule has 0 spiro atoms. The van der Waals surface area contributed by atoms with Crippen molar-refractivity contribution in [3.05, 3.63) is 35.9 Å². The quantitative estimate of drug-likeness (QED) is 0.678. The average molecular weight is 186 g/mol. The first kappa shape index (κ1) is 8.74. The molecule has 2 rings (SSSR count). The van der Waals surface area contributed by atoms with Gasteiger partial charge in [-0.2, -0.15) is 5.10 Å². The van der Waals surface area contributed by atoms with E-state index >= 15 is 0 Å². The zero-order valence-electron chi connectivity index (χ0n) is 8.10. The Bertz CT molecular complexity index is 439. The summed E-state index contributed by atoms with van der Waals surface area (Å²) in [6.45, 7) is 3.82. The molecule has 0 saturated carbocycles. The van der Waals surface area contributed by atoms with Gasteiger partial charge in [-0.1, -0.05) is 0 Å². The molecule has 0 radical (unpaired) electrons. The first-order valence-electron chi connectivity index (χ1n) is 4.35. The maximum atomic E-state index is 4.34. The fourth-order valence-corrected chi connectivity index (χ4v) is 1.08. The molecule has 0 bridgehead atoms. The van der Waals surface area contributed by atoms with E-state index in [4.69, 9.17) is 0 Å². The van der Waals surface area contributed by atoms with Crippen molar-refractivity contribution in [1.82, 2.24) is 20.2 Å². The third-order valence-corrected chi connectivity index (χ3v) is 2.03. The largest absolute Gasteiger partial charge is 0.265 e. The van der Waals surface area contributed by atoms with Gasteiger partial charge in [0.25, 0.3) is 0 Å². The minimum Gasteiger partial charge on any atom is -0.265 e. The highest BCUT2D eigenvalue weighted by Crippen LogP contribution is 2.12. The van der Waals surface area contributed by atoms with Gasteiger partial charge >= 0.3 is 0 Å². The molecule has 0 atom stereocenters. The van der Waals surface area contributed by atoms with E-state index in [1.807, 2.05) is 26.0 Å². The fourth-order valence-electron chi connectivity index (χ4n) is 1.08. The smallest absolute Gasteiger partial charge is 0.182 e. The van der Waals surface area contributed by atoms with E-state index in [0.29, 0.717) is 5.82 Å². The molecule has 0 aliphatic heterocycles. The number of nitrogens with zero attached hydrogens (tertiary/aromatic N) is 4. The Hall–Kier alpha value is -1.84. The van der Waals surface area contributed by atoms with E-state index in [0.717, 1.165) is 17.0 Å². The number of pyridine rings is 1. The Kier molecular flexibility index (Phi) is 2.18. The highest BCUT2D eigenvalue weighted by Gasteiger charge is 2.03. The normalized spacial score (nSPS) is 10.1. The summed E-state index contributed by atoms with van der Waals surface area (Å²) in [5, 5.41) is 8.04. The molecular weight excluding hydrogens is 176 g/mol. The van der Waals surface area contributed by atoms with Gasteiger partial charge in [0.05, 0.1) is 11.4 Å². The van der Waals surface area contributed by atoms with Crippen molar-refractivity contribution in [3.8, 4) is 11.4 Å². The molecule has 70 valence electrons. The van der Waals surface area contributed by atoms with Crippen LogP contribution in [0.2, 0.25) is 0 Å². The zero-order valence-corrected chi connectivity index (χ0v) is 8.10. The van der Waals surface area contributed by atoms with Crippen molar-refractivity contribution < 1.29 is 0 Å². The van der Waals surface area contributed by atoms with Crippen LogP contribution >= 0.6 is 0 Å². The minimum absolute atomic E-state index is 0.649. The Morgan fingerprint density at radius 2 is 1.64 bits per heavy atom. The monoisotopic (exact) mass is 186 g/mol. The Balaban J connectivity index is 2.48. The van der Waals surface area contributed by atoms with Gasteiger partial charge in [-0.25, -0.2) is 4.98 Å². The van der Waals surface area contributed by atoms with Crippen molar-refractivity contribution in [2.75, 3.05) is 0 Å². The van der Waals surface area contributed by atoms with E-state index in [9.17, 15) is 0 Å². The first-order chi connectivity index (χ1) is 6.77. The number of rotatable bonds is 1. The maximum Gasteiger partial charge on any atom is 0.182 e. The third kappa shape index (κ3) is 1.59. The predicted octanol–water partition coefficient (Wildman–Crippen LogP) is 1.55. The Morgan fingerprint density at radius 3 is 2.29 bits per heavy atom. The van der Waals surface area contributed by atoms with Crippen LogP contribution in [0.25, 0.3) is 11.4 Å². The van der Waals surface area contributed by atoms with Crippen molar-refractivity contribution in [3.63, 3.8) is 0 Å². The second-order valence-corrected chi connectivity index (χ2v) is 3.04. The third-order valence-electron chi connectivity index (χ3n) is 2.03. The van der Waals surface area contributed by atoms with Crippen LogP contribution < -0.4 is 0 Å². The zero-order chi connectivity index (χ0) is 9.97. The summed E-state index contributed by atoms with van der Waals surface area (Å²) in [5.74, 6) is 0.649. The first-order valence-corrected chi connectivity index (χ1v) is 4.35. The highest BCUT2D eigenvalue weighted by atomic mass is 15.2. The summed E-state index contributed by atoms with van der Waals surface area (Å²) in [4.78, 5) is 8.28. The van der Waals surface area contributed by atoms with E-state index in [1.165, 1.54) is 0 Å². The van der Waals surface area contributed by atoms with Gasteiger partial charge in [0, 0.05) is 18.0 Å². The summed E-state index contributed by atoms with van der Waals surface area (Å²) in [6, 6.07) is 3.73. The van der Waals surface area contributed by atoms with Gasteiger partial charge < -0.3 is 0 Å². The Morgan fingerprint density at radius 1 is 0.929 bits per heavy atom. The van der Waals surface area contributed by atoms with E-state index in [-0.39, 0.29) is 0 Å². The topological polar surface area (TPSA) is 51.6 Å². The maximum absolute atomic E-state index is 4.34. The number of hydrogen-bond donors (Lipinski definition) is 0. The van der Waals surface area contributed by atoms with E-state index in [2.05, 4.69) is 20.2 Å². The molecule has 2 aromatic rings. The molecule has 4 heteroatoms. The number of hydrogen-bond acceptors (Lipinski definition) is 4. The average Bonchev–Trinajstić information content (AvgIpc) is 2.23. The van der Waals surface area contributed by atoms with Crippen molar-refractivity contribution in [1.29, 1.82) is 0 Å². The molecule has 14 heavy (non-hydrogen) atoms. The van der Waals surface area contributed by atoms with Crippen molar-refractivity contribution in [2.45, 2.75) is 13.8 Å². The molecule has 0 fully saturated rings. The number of aryl methyl sites for hydroxylation is 2. The molecule has 0 aromatic carbocycles. The summed E-state index contributed by atoms with van der Waals surface area (Å²) in [5.41, 5.74) is 2.71. The molecule has 0 N–H and O–H groups in total. The van der Waals surface area contributed by atoms with Gasteiger partial charge in [0.1, 0.15) is 0 Å². The van der Waals surface area contributed by atoms with E-state index in [1.54, 1.807) is 12.4 Å². The molecule has 0 unspecified atom stereocenters. The van der Waals surface area contributed by atoms with Gasteiger partial charge in [-0.05, 0) is 26.0 Å². The SMILES string of the molecule is Cc1nnc(-c2ccncc2)nc1C. The Labute approximate surface area is 82.1 Å². The fraction of sp³-hybridized carbons (Fsp3) is 0.200. The van der Waals surface area contributed by atoms with Gasteiger partial charge in [0.2, 0.25) is 0 Å².